The van der Waals surface area contributed by atoms with Crippen LogP contribution in [0.3, 0.4) is 0 Å². The maximum atomic E-state index is 12.8. The molecule has 1 aliphatic rings. The van der Waals surface area contributed by atoms with Gasteiger partial charge in [-0.05, 0) is 56.0 Å². The van der Waals surface area contributed by atoms with Crippen molar-refractivity contribution < 1.29 is 16.8 Å². The molecule has 0 unspecified atom stereocenters. The Morgan fingerprint density at radius 2 is 1.34 bits per heavy atom. The molecular formula is C21H28N2O4S2. The van der Waals surface area contributed by atoms with Crippen LogP contribution in [0, 0.1) is 6.92 Å². The summed E-state index contributed by atoms with van der Waals surface area (Å²) in [6.45, 7) is 3.30. The van der Waals surface area contributed by atoms with Crippen molar-refractivity contribution in [3.63, 3.8) is 0 Å². The van der Waals surface area contributed by atoms with Gasteiger partial charge in [-0.15, -0.1) is 0 Å². The van der Waals surface area contributed by atoms with E-state index in [1.165, 1.54) is 0 Å². The SMILES string of the molecule is Cc1ccc(S(=O)(=O)NCCc2ccc(S(=O)(=O)N3CCCCCC3)cc2)cc1. The minimum atomic E-state index is -3.55. The number of hydrogen-bond donors (Lipinski definition) is 1. The van der Waals surface area contributed by atoms with Crippen molar-refractivity contribution in [3.8, 4) is 0 Å². The molecule has 29 heavy (non-hydrogen) atoms. The molecule has 2 aromatic carbocycles. The van der Waals surface area contributed by atoms with E-state index >= 15 is 0 Å². The normalized spacial score (nSPS) is 16.4. The molecule has 1 aliphatic heterocycles. The Kier molecular flexibility index (Phi) is 7.10. The van der Waals surface area contributed by atoms with E-state index in [0.717, 1.165) is 36.8 Å². The van der Waals surface area contributed by atoms with Gasteiger partial charge in [0.2, 0.25) is 20.0 Å². The van der Waals surface area contributed by atoms with Gasteiger partial charge in [-0.25, -0.2) is 21.6 Å². The molecule has 1 heterocycles. The van der Waals surface area contributed by atoms with Gasteiger partial charge in [0, 0.05) is 19.6 Å². The van der Waals surface area contributed by atoms with Crippen molar-refractivity contribution in [2.45, 2.75) is 48.8 Å². The fourth-order valence-electron chi connectivity index (χ4n) is 3.39. The summed E-state index contributed by atoms with van der Waals surface area (Å²) < 4.78 is 54.4. The Balaban J connectivity index is 1.60. The Bertz CT molecular complexity index is 1010. The van der Waals surface area contributed by atoms with E-state index in [9.17, 15) is 16.8 Å². The van der Waals surface area contributed by atoms with Gasteiger partial charge in [0.25, 0.3) is 0 Å². The highest BCUT2D eigenvalue weighted by Crippen LogP contribution is 2.21. The zero-order valence-electron chi connectivity index (χ0n) is 16.7. The summed E-state index contributed by atoms with van der Waals surface area (Å²) in [5.41, 5.74) is 1.88. The lowest BCUT2D eigenvalue weighted by atomic mass is 10.2. The zero-order chi connectivity index (χ0) is 20.9. The molecule has 8 heteroatoms. The van der Waals surface area contributed by atoms with Crippen LogP contribution in [-0.2, 0) is 26.5 Å². The molecule has 1 N–H and O–H groups in total. The number of benzene rings is 2. The van der Waals surface area contributed by atoms with Crippen molar-refractivity contribution in [1.29, 1.82) is 0 Å². The Morgan fingerprint density at radius 1 is 0.793 bits per heavy atom. The number of aryl methyl sites for hydroxylation is 1. The second-order valence-electron chi connectivity index (χ2n) is 7.42. The first-order valence-electron chi connectivity index (χ1n) is 9.94. The van der Waals surface area contributed by atoms with Crippen LogP contribution < -0.4 is 4.72 Å². The smallest absolute Gasteiger partial charge is 0.211 e. The Morgan fingerprint density at radius 3 is 1.93 bits per heavy atom. The van der Waals surface area contributed by atoms with E-state index in [0.29, 0.717) is 24.4 Å². The molecule has 0 atom stereocenters. The standard InChI is InChI=1S/C21H28N2O4S2/c1-18-6-10-20(11-7-18)28(24,25)22-15-14-19-8-12-21(13-9-19)29(26,27)23-16-4-2-3-5-17-23/h6-13,22H,2-5,14-17H2,1H3. The van der Waals surface area contributed by atoms with Crippen molar-refractivity contribution >= 4 is 20.0 Å². The van der Waals surface area contributed by atoms with E-state index in [-0.39, 0.29) is 11.4 Å². The van der Waals surface area contributed by atoms with Gasteiger partial charge in [-0.1, -0.05) is 42.7 Å². The van der Waals surface area contributed by atoms with Crippen molar-refractivity contribution in [2.24, 2.45) is 0 Å². The van der Waals surface area contributed by atoms with Crippen molar-refractivity contribution in [1.82, 2.24) is 9.03 Å². The van der Waals surface area contributed by atoms with Gasteiger partial charge in [-0.3, -0.25) is 0 Å². The van der Waals surface area contributed by atoms with Crippen molar-refractivity contribution in [2.75, 3.05) is 19.6 Å². The molecule has 158 valence electrons. The first-order valence-corrected chi connectivity index (χ1v) is 12.9. The molecule has 0 saturated carbocycles. The quantitative estimate of drug-likeness (QED) is 0.723. The molecule has 1 fully saturated rings. The second kappa shape index (κ2) is 9.38. The molecule has 6 nitrogen and oxygen atoms in total. The summed E-state index contributed by atoms with van der Waals surface area (Å²) in [6, 6.07) is 13.4. The third-order valence-corrected chi connectivity index (χ3v) is 8.55. The van der Waals surface area contributed by atoms with E-state index in [4.69, 9.17) is 0 Å². The molecule has 1 saturated heterocycles. The number of sulfonamides is 2. The molecule has 2 aromatic rings. The minimum Gasteiger partial charge on any atom is -0.211 e. The maximum absolute atomic E-state index is 12.8. The topological polar surface area (TPSA) is 83.5 Å². The van der Waals surface area contributed by atoms with Crippen LogP contribution in [0.4, 0.5) is 0 Å². The summed E-state index contributed by atoms with van der Waals surface area (Å²) >= 11 is 0. The van der Waals surface area contributed by atoms with E-state index in [1.807, 2.05) is 6.92 Å². The molecule has 0 spiro atoms. The summed E-state index contributed by atoms with van der Waals surface area (Å²) in [5.74, 6) is 0. The van der Waals surface area contributed by atoms with Crippen LogP contribution in [0.2, 0.25) is 0 Å². The van der Waals surface area contributed by atoms with Gasteiger partial charge in [0.05, 0.1) is 9.79 Å². The number of nitrogens with one attached hydrogen (secondary N) is 1. The largest absolute Gasteiger partial charge is 0.243 e. The lowest BCUT2D eigenvalue weighted by Gasteiger charge is -2.20. The van der Waals surface area contributed by atoms with Gasteiger partial charge in [0.15, 0.2) is 0 Å². The molecule has 0 amide bonds. The first kappa shape index (κ1) is 22.0. The van der Waals surface area contributed by atoms with Crippen LogP contribution >= 0.6 is 0 Å². The highest BCUT2D eigenvalue weighted by molar-refractivity contribution is 7.89. The predicted molar refractivity (Wildman–Crippen MR) is 114 cm³/mol. The summed E-state index contributed by atoms with van der Waals surface area (Å²) in [6.07, 6.45) is 4.43. The summed E-state index contributed by atoms with van der Waals surface area (Å²) in [5, 5.41) is 0. The second-order valence-corrected chi connectivity index (χ2v) is 11.1. The minimum absolute atomic E-state index is 0.238. The number of hydrogen-bond acceptors (Lipinski definition) is 4. The lowest BCUT2D eigenvalue weighted by molar-refractivity contribution is 0.423. The molecule has 0 bridgehead atoms. The van der Waals surface area contributed by atoms with E-state index in [1.54, 1.807) is 52.8 Å². The van der Waals surface area contributed by atoms with Crippen LogP contribution in [0.25, 0.3) is 0 Å². The number of nitrogens with zero attached hydrogens (tertiary/aromatic N) is 1. The average molecular weight is 437 g/mol. The molecular weight excluding hydrogens is 408 g/mol. The average Bonchev–Trinajstić information content (AvgIpc) is 2.99. The first-order chi connectivity index (χ1) is 13.8. The monoisotopic (exact) mass is 436 g/mol. The number of rotatable bonds is 7. The molecule has 0 aromatic heterocycles. The molecule has 3 rings (SSSR count). The van der Waals surface area contributed by atoms with Crippen LogP contribution in [-0.4, -0.2) is 40.8 Å². The fourth-order valence-corrected chi connectivity index (χ4v) is 5.94. The van der Waals surface area contributed by atoms with Gasteiger partial charge in [-0.2, -0.15) is 4.31 Å². The van der Waals surface area contributed by atoms with Crippen molar-refractivity contribution in [3.05, 3.63) is 59.7 Å². The molecule has 0 aliphatic carbocycles. The predicted octanol–water partition coefficient (Wildman–Crippen LogP) is 3.08. The van der Waals surface area contributed by atoms with Gasteiger partial charge >= 0.3 is 0 Å². The molecule has 0 radical (unpaired) electrons. The van der Waals surface area contributed by atoms with E-state index in [2.05, 4.69) is 4.72 Å². The van der Waals surface area contributed by atoms with E-state index < -0.39 is 20.0 Å². The highest BCUT2D eigenvalue weighted by Gasteiger charge is 2.24. The van der Waals surface area contributed by atoms with Crippen LogP contribution in [0.15, 0.2) is 58.3 Å². The summed E-state index contributed by atoms with van der Waals surface area (Å²) in [7, 11) is -7.01. The third-order valence-electron chi connectivity index (χ3n) is 5.16. The Hall–Kier alpha value is -1.74. The Labute approximate surface area is 174 Å². The third kappa shape index (κ3) is 5.66. The highest BCUT2D eigenvalue weighted by atomic mass is 32.2. The van der Waals surface area contributed by atoms with Crippen LogP contribution in [0.1, 0.15) is 36.8 Å². The lowest BCUT2D eigenvalue weighted by Crippen LogP contribution is -2.31. The van der Waals surface area contributed by atoms with Gasteiger partial charge in [0.1, 0.15) is 0 Å². The maximum Gasteiger partial charge on any atom is 0.243 e. The van der Waals surface area contributed by atoms with Crippen LogP contribution in [0.5, 0.6) is 0 Å². The summed E-state index contributed by atoms with van der Waals surface area (Å²) in [4.78, 5) is 0.533. The van der Waals surface area contributed by atoms with Gasteiger partial charge < -0.3 is 0 Å². The fraction of sp³-hybridized carbons (Fsp3) is 0.429. The zero-order valence-corrected chi connectivity index (χ0v) is 18.3.